The first-order valence-corrected chi connectivity index (χ1v) is 16.1. The number of rotatable bonds is 5. The molecule has 0 spiro atoms. The Hall–Kier alpha value is -6.61. The van der Waals surface area contributed by atoms with Crippen LogP contribution in [0.4, 0.5) is 0 Å². The fourth-order valence-corrected chi connectivity index (χ4v) is 7.31. The van der Waals surface area contributed by atoms with E-state index in [1.54, 1.807) is 0 Å². The molecule has 8 aromatic rings. The second-order valence-corrected chi connectivity index (χ2v) is 12.0. The zero-order chi connectivity index (χ0) is 32.6. The van der Waals surface area contributed by atoms with Crippen LogP contribution in [0.3, 0.4) is 0 Å². The van der Waals surface area contributed by atoms with E-state index < -0.39 is 0 Å². The topological polar surface area (TPSA) is 28.7 Å². The normalized spacial score (nSPS) is 12.1. The summed E-state index contributed by atoms with van der Waals surface area (Å²) in [6, 6.07) is 53.1. The molecule has 0 aliphatic rings. The summed E-state index contributed by atoms with van der Waals surface area (Å²) in [5.41, 5.74) is 10.0. The third-order valence-electron chi connectivity index (χ3n) is 9.29. The Balaban J connectivity index is 1.43. The second kappa shape index (κ2) is 12.0. The van der Waals surface area contributed by atoms with E-state index >= 15 is 0 Å². The van der Waals surface area contributed by atoms with Gasteiger partial charge in [0.2, 0.25) is 0 Å². The minimum atomic E-state index is 0.627. The Morgan fingerprint density at radius 2 is 1.06 bits per heavy atom. The number of fused-ring (bicyclic) bond motifs is 5. The summed E-state index contributed by atoms with van der Waals surface area (Å²) in [6.07, 6.45) is 9.96. The molecule has 0 amide bonds. The number of allylic oxidation sites excluding steroid dienone is 4. The van der Waals surface area contributed by atoms with Gasteiger partial charge >= 0.3 is 0 Å². The van der Waals surface area contributed by atoms with Crippen LogP contribution < -0.4 is 0 Å². The van der Waals surface area contributed by atoms with Crippen molar-refractivity contribution in [3.63, 3.8) is 0 Å². The molecule has 1 heterocycles. The van der Waals surface area contributed by atoms with Gasteiger partial charge in [-0.1, -0.05) is 133 Å². The van der Waals surface area contributed by atoms with E-state index in [0.29, 0.717) is 5.56 Å². The van der Waals surface area contributed by atoms with Crippen molar-refractivity contribution in [1.82, 2.24) is 4.57 Å². The molecule has 0 saturated heterocycles. The SMILES string of the molecule is C#C/C=C(\C=C(/C)c1cccc(C#N)c1-c1c2ccccc2c(-c2ccccc2)c2ccccc12)n1c2ccccc2c2ccccc21. The summed E-state index contributed by atoms with van der Waals surface area (Å²) in [6.45, 7) is 2.11. The number of hydrogen-bond acceptors (Lipinski definition) is 1. The molecule has 2 nitrogen and oxygen atoms in total. The number of terminal acetylenes is 1. The van der Waals surface area contributed by atoms with Crippen LogP contribution in [-0.2, 0) is 0 Å². The predicted molar refractivity (Wildman–Crippen MR) is 203 cm³/mol. The lowest BCUT2D eigenvalue weighted by Crippen LogP contribution is -1.98. The van der Waals surface area contributed by atoms with Crippen LogP contribution in [0, 0.1) is 23.7 Å². The highest BCUT2D eigenvalue weighted by Gasteiger charge is 2.21. The zero-order valence-electron chi connectivity index (χ0n) is 26.5. The van der Waals surface area contributed by atoms with Crippen LogP contribution >= 0.6 is 0 Å². The molecular formula is C46H30N2. The molecule has 8 rings (SSSR count). The molecule has 0 aliphatic carbocycles. The molecule has 1 aromatic heterocycles. The molecule has 0 unspecified atom stereocenters. The minimum absolute atomic E-state index is 0.627. The molecular weight excluding hydrogens is 581 g/mol. The van der Waals surface area contributed by atoms with E-state index in [1.807, 2.05) is 18.2 Å². The van der Waals surface area contributed by atoms with Crippen molar-refractivity contribution < 1.29 is 0 Å². The highest BCUT2D eigenvalue weighted by molar-refractivity contribution is 6.22. The van der Waals surface area contributed by atoms with Gasteiger partial charge in [-0.05, 0) is 80.6 Å². The first-order chi connectivity index (χ1) is 23.7. The van der Waals surface area contributed by atoms with Gasteiger partial charge in [0.15, 0.2) is 0 Å². The van der Waals surface area contributed by atoms with Gasteiger partial charge in [0.05, 0.1) is 28.4 Å². The highest BCUT2D eigenvalue weighted by atomic mass is 15.0. The van der Waals surface area contributed by atoms with Crippen LogP contribution in [0.5, 0.6) is 0 Å². The molecule has 2 heteroatoms. The maximum absolute atomic E-state index is 10.6. The number of nitriles is 1. The number of aromatic nitrogens is 1. The van der Waals surface area contributed by atoms with E-state index in [1.165, 1.54) is 16.3 Å². The van der Waals surface area contributed by atoms with Crippen LogP contribution in [0.25, 0.3) is 76.9 Å². The van der Waals surface area contributed by atoms with Gasteiger partial charge in [-0.2, -0.15) is 5.26 Å². The van der Waals surface area contributed by atoms with Crippen molar-refractivity contribution in [2.45, 2.75) is 6.92 Å². The first-order valence-electron chi connectivity index (χ1n) is 16.1. The third kappa shape index (κ3) is 4.60. The monoisotopic (exact) mass is 610 g/mol. The van der Waals surface area contributed by atoms with E-state index in [4.69, 9.17) is 6.42 Å². The average molecular weight is 611 g/mol. The van der Waals surface area contributed by atoms with Gasteiger partial charge in [-0.25, -0.2) is 0 Å². The number of benzene rings is 7. The van der Waals surface area contributed by atoms with Crippen LogP contribution in [0.2, 0.25) is 0 Å². The minimum Gasteiger partial charge on any atom is -0.309 e. The van der Waals surface area contributed by atoms with E-state index in [2.05, 4.69) is 163 Å². The van der Waals surface area contributed by atoms with Crippen LogP contribution in [0.1, 0.15) is 18.1 Å². The summed E-state index contributed by atoms with van der Waals surface area (Å²) in [5, 5.41) is 17.5. The Bertz CT molecular complexity index is 2580. The van der Waals surface area contributed by atoms with Crippen molar-refractivity contribution in [3.05, 3.63) is 169 Å². The molecule has 0 fully saturated rings. The van der Waals surface area contributed by atoms with Crippen molar-refractivity contribution in [3.8, 4) is 40.7 Å². The number of nitrogens with zero attached hydrogens (tertiary/aromatic N) is 2. The van der Waals surface area contributed by atoms with Crippen molar-refractivity contribution in [2.75, 3.05) is 0 Å². The smallest absolute Gasteiger partial charge is 0.0998 e. The quantitative estimate of drug-likeness (QED) is 0.108. The maximum Gasteiger partial charge on any atom is 0.0998 e. The number of para-hydroxylation sites is 2. The van der Waals surface area contributed by atoms with Gasteiger partial charge in [-0.15, -0.1) is 6.42 Å². The Labute approximate surface area is 280 Å². The molecule has 0 saturated carbocycles. The van der Waals surface area contributed by atoms with Crippen LogP contribution in [-0.4, -0.2) is 4.57 Å². The summed E-state index contributed by atoms with van der Waals surface area (Å²) in [5.74, 6) is 2.80. The van der Waals surface area contributed by atoms with E-state index in [9.17, 15) is 5.26 Å². The Kier molecular flexibility index (Phi) is 7.18. The lowest BCUT2D eigenvalue weighted by molar-refractivity contribution is 1.24. The first kappa shape index (κ1) is 28.8. The fourth-order valence-electron chi connectivity index (χ4n) is 7.31. The highest BCUT2D eigenvalue weighted by Crippen LogP contribution is 2.46. The van der Waals surface area contributed by atoms with Crippen molar-refractivity contribution in [1.29, 1.82) is 5.26 Å². The lowest BCUT2D eigenvalue weighted by atomic mass is 9.82. The molecule has 0 atom stereocenters. The van der Waals surface area contributed by atoms with Gasteiger partial charge in [0.25, 0.3) is 0 Å². The molecule has 224 valence electrons. The van der Waals surface area contributed by atoms with Crippen LogP contribution in [0.15, 0.2) is 158 Å². The third-order valence-corrected chi connectivity index (χ3v) is 9.29. The van der Waals surface area contributed by atoms with E-state index in [0.717, 1.165) is 66.1 Å². The largest absolute Gasteiger partial charge is 0.309 e. The van der Waals surface area contributed by atoms with E-state index in [-0.39, 0.29) is 0 Å². The maximum atomic E-state index is 10.6. The Morgan fingerprint density at radius 3 is 1.60 bits per heavy atom. The molecule has 48 heavy (non-hydrogen) atoms. The zero-order valence-corrected chi connectivity index (χ0v) is 26.5. The molecule has 7 aromatic carbocycles. The second-order valence-electron chi connectivity index (χ2n) is 12.0. The molecule has 0 N–H and O–H groups in total. The summed E-state index contributed by atoms with van der Waals surface area (Å²) >= 11 is 0. The summed E-state index contributed by atoms with van der Waals surface area (Å²) < 4.78 is 2.24. The summed E-state index contributed by atoms with van der Waals surface area (Å²) in [7, 11) is 0. The predicted octanol–water partition coefficient (Wildman–Crippen LogP) is 11.9. The van der Waals surface area contributed by atoms with Gasteiger partial charge in [0.1, 0.15) is 0 Å². The van der Waals surface area contributed by atoms with Gasteiger partial charge in [0, 0.05) is 22.4 Å². The standard InChI is InChI=1S/C46H30N2/c1-3-16-34(48-42-27-13-11-20-36(42)37-21-12-14-28-43(37)48)29-31(2)35-26-15-19-33(30-47)45(35)46-40-24-9-7-22-38(40)44(32-17-5-4-6-18-32)39-23-8-10-25-41(39)46/h1,4-29H,2H3/b31-29+,34-16+. The van der Waals surface area contributed by atoms with Gasteiger partial charge in [-0.3, -0.25) is 0 Å². The summed E-state index contributed by atoms with van der Waals surface area (Å²) in [4.78, 5) is 0. The average Bonchev–Trinajstić information content (AvgIpc) is 3.48. The molecule has 0 aliphatic heterocycles. The Morgan fingerprint density at radius 1 is 0.562 bits per heavy atom. The fraction of sp³-hybridized carbons (Fsp3) is 0.0217. The van der Waals surface area contributed by atoms with Crippen molar-refractivity contribution in [2.24, 2.45) is 0 Å². The van der Waals surface area contributed by atoms with Crippen molar-refractivity contribution >= 4 is 54.6 Å². The lowest BCUT2D eigenvalue weighted by Gasteiger charge is -2.21. The molecule has 0 radical (unpaired) electrons. The van der Waals surface area contributed by atoms with Gasteiger partial charge < -0.3 is 4.57 Å². The molecule has 0 bridgehead atoms. The number of hydrogen-bond donors (Lipinski definition) is 0.